The van der Waals surface area contributed by atoms with Crippen LogP contribution in [-0.4, -0.2) is 19.3 Å². The van der Waals surface area contributed by atoms with Crippen molar-refractivity contribution in [1.82, 2.24) is 0 Å². The Labute approximate surface area is 99.2 Å². The van der Waals surface area contributed by atoms with Gasteiger partial charge in [0.2, 0.25) is 0 Å². The molecule has 0 aromatic heterocycles. The summed E-state index contributed by atoms with van der Waals surface area (Å²) in [4.78, 5) is 1.91. The minimum absolute atomic E-state index is 0.113. The maximum Gasteiger partial charge on any atom is 0.389 e. The van der Waals surface area contributed by atoms with Gasteiger partial charge in [0.1, 0.15) is 0 Å². The van der Waals surface area contributed by atoms with Gasteiger partial charge in [-0.05, 0) is 37.6 Å². The van der Waals surface area contributed by atoms with E-state index in [2.05, 4.69) is 0 Å². The van der Waals surface area contributed by atoms with Gasteiger partial charge in [-0.2, -0.15) is 13.2 Å². The van der Waals surface area contributed by atoms with Crippen LogP contribution in [0.5, 0.6) is 0 Å². The van der Waals surface area contributed by atoms with Crippen LogP contribution in [0.4, 0.5) is 24.5 Å². The highest BCUT2D eigenvalue weighted by molar-refractivity contribution is 5.52. The molecule has 0 amide bonds. The van der Waals surface area contributed by atoms with Crippen LogP contribution in [0.1, 0.15) is 19.8 Å². The molecule has 0 atom stereocenters. The molecule has 0 aliphatic heterocycles. The van der Waals surface area contributed by atoms with E-state index in [0.717, 1.165) is 5.69 Å². The summed E-state index contributed by atoms with van der Waals surface area (Å²) in [5.74, 6) is 0. The van der Waals surface area contributed by atoms with Gasteiger partial charge in [0.25, 0.3) is 0 Å². The minimum Gasteiger partial charge on any atom is -0.399 e. The van der Waals surface area contributed by atoms with Gasteiger partial charge in [0, 0.05) is 30.9 Å². The molecule has 0 radical (unpaired) electrons. The number of rotatable bonds is 5. The van der Waals surface area contributed by atoms with Gasteiger partial charge in [-0.1, -0.05) is 0 Å². The third kappa shape index (κ3) is 4.97. The Bertz CT molecular complexity index is 333. The number of nitrogens with zero attached hydrogens (tertiary/aromatic N) is 1. The van der Waals surface area contributed by atoms with E-state index in [9.17, 15) is 13.2 Å². The van der Waals surface area contributed by atoms with Crippen molar-refractivity contribution in [3.8, 4) is 0 Å². The van der Waals surface area contributed by atoms with Crippen molar-refractivity contribution in [1.29, 1.82) is 0 Å². The van der Waals surface area contributed by atoms with E-state index in [4.69, 9.17) is 5.73 Å². The van der Waals surface area contributed by atoms with Crippen LogP contribution in [0, 0.1) is 0 Å². The zero-order chi connectivity index (χ0) is 12.9. The van der Waals surface area contributed by atoms with Crippen molar-refractivity contribution in [2.75, 3.05) is 23.7 Å². The summed E-state index contributed by atoms with van der Waals surface area (Å²) in [5.41, 5.74) is 7.12. The summed E-state index contributed by atoms with van der Waals surface area (Å²) in [6, 6.07) is 7.16. The molecule has 0 unspecified atom stereocenters. The Morgan fingerprint density at radius 3 is 2.24 bits per heavy atom. The fraction of sp³-hybridized carbons (Fsp3) is 0.500. The van der Waals surface area contributed by atoms with Crippen LogP contribution < -0.4 is 10.6 Å². The van der Waals surface area contributed by atoms with Gasteiger partial charge in [-0.15, -0.1) is 0 Å². The molecule has 96 valence electrons. The first-order valence-corrected chi connectivity index (χ1v) is 5.59. The molecule has 2 nitrogen and oxygen atoms in total. The van der Waals surface area contributed by atoms with Crippen molar-refractivity contribution in [3.05, 3.63) is 24.3 Å². The van der Waals surface area contributed by atoms with Crippen LogP contribution in [0.3, 0.4) is 0 Å². The molecular formula is C12H17F3N2. The molecule has 0 bridgehead atoms. The number of alkyl halides is 3. The highest BCUT2D eigenvalue weighted by atomic mass is 19.4. The molecule has 0 fully saturated rings. The van der Waals surface area contributed by atoms with Gasteiger partial charge in [0.05, 0.1) is 0 Å². The molecule has 0 saturated heterocycles. The largest absolute Gasteiger partial charge is 0.399 e. The quantitative estimate of drug-likeness (QED) is 0.806. The van der Waals surface area contributed by atoms with E-state index >= 15 is 0 Å². The standard InChI is InChI=1S/C12H17F3N2/c1-2-17(9-3-8-12(13,14)15)11-6-4-10(16)5-7-11/h4-7H,2-3,8-9,16H2,1H3. The number of benzene rings is 1. The van der Waals surface area contributed by atoms with E-state index in [-0.39, 0.29) is 6.42 Å². The maximum atomic E-state index is 12.0. The molecule has 17 heavy (non-hydrogen) atoms. The molecule has 0 aliphatic rings. The van der Waals surface area contributed by atoms with Crippen LogP contribution in [0.15, 0.2) is 24.3 Å². The number of nitrogen functional groups attached to an aromatic ring is 1. The topological polar surface area (TPSA) is 29.3 Å². The first-order valence-electron chi connectivity index (χ1n) is 5.59. The van der Waals surface area contributed by atoms with E-state index in [1.807, 2.05) is 24.0 Å². The predicted octanol–water partition coefficient (Wildman–Crippen LogP) is 3.44. The van der Waals surface area contributed by atoms with Crippen molar-refractivity contribution < 1.29 is 13.2 Å². The first-order chi connectivity index (χ1) is 7.92. The molecule has 0 aliphatic carbocycles. The second-order valence-corrected chi connectivity index (χ2v) is 3.89. The van der Waals surface area contributed by atoms with Crippen molar-refractivity contribution in [2.24, 2.45) is 0 Å². The monoisotopic (exact) mass is 246 g/mol. The molecule has 2 N–H and O–H groups in total. The Morgan fingerprint density at radius 2 is 1.76 bits per heavy atom. The molecule has 1 aromatic carbocycles. The summed E-state index contributed by atoms with van der Waals surface area (Å²) >= 11 is 0. The first kappa shape index (κ1) is 13.7. The third-order valence-corrected chi connectivity index (χ3v) is 2.53. The summed E-state index contributed by atoms with van der Waals surface area (Å²) < 4.78 is 36.1. The van der Waals surface area contributed by atoms with Crippen LogP contribution >= 0.6 is 0 Å². The summed E-state index contributed by atoms with van der Waals surface area (Å²) in [6.45, 7) is 3.01. The second kappa shape index (κ2) is 5.80. The van der Waals surface area contributed by atoms with E-state index in [1.54, 1.807) is 12.1 Å². The fourth-order valence-electron chi connectivity index (χ4n) is 1.63. The number of hydrogen-bond donors (Lipinski definition) is 1. The lowest BCUT2D eigenvalue weighted by Crippen LogP contribution is -2.25. The summed E-state index contributed by atoms with van der Waals surface area (Å²) in [7, 11) is 0. The van der Waals surface area contributed by atoms with E-state index in [1.165, 1.54) is 0 Å². The lowest BCUT2D eigenvalue weighted by molar-refractivity contribution is -0.135. The third-order valence-electron chi connectivity index (χ3n) is 2.53. The second-order valence-electron chi connectivity index (χ2n) is 3.89. The predicted molar refractivity (Wildman–Crippen MR) is 64.0 cm³/mol. The molecule has 0 heterocycles. The molecule has 1 rings (SSSR count). The number of halogens is 3. The average Bonchev–Trinajstić information content (AvgIpc) is 2.24. The Balaban J connectivity index is 2.51. The van der Waals surface area contributed by atoms with E-state index in [0.29, 0.717) is 18.8 Å². The number of hydrogen-bond acceptors (Lipinski definition) is 2. The zero-order valence-corrected chi connectivity index (χ0v) is 9.80. The smallest absolute Gasteiger partial charge is 0.389 e. The number of anilines is 2. The molecular weight excluding hydrogens is 229 g/mol. The van der Waals surface area contributed by atoms with Crippen molar-refractivity contribution in [3.63, 3.8) is 0 Å². The fourth-order valence-corrected chi connectivity index (χ4v) is 1.63. The highest BCUT2D eigenvalue weighted by Gasteiger charge is 2.26. The van der Waals surface area contributed by atoms with Crippen LogP contribution in [0.25, 0.3) is 0 Å². The summed E-state index contributed by atoms with van der Waals surface area (Å²) in [6.07, 6.45) is -4.69. The summed E-state index contributed by atoms with van der Waals surface area (Å²) in [5, 5.41) is 0. The van der Waals surface area contributed by atoms with Gasteiger partial charge in [-0.25, -0.2) is 0 Å². The molecule has 0 spiro atoms. The van der Waals surface area contributed by atoms with Gasteiger partial charge in [0.15, 0.2) is 0 Å². The Morgan fingerprint density at radius 1 is 1.18 bits per heavy atom. The Kier molecular flexibility index (Phi) is 4.66. The SMILES string of the molecule is CCN(CCCC(F)(F)F)c1ccc(N)cc1. The lowest BCUT2D eigenvalue weighted by atomic mass is 10.2. The minimum atomic E-state index is -4.07. The highest BCUT2D eigenvalue weighted by Crippen LogP contribution is 2.23. The van der Waals surface area contributed by atoms with E-state index < -0.39 is 12.6 Å². The van der Waals surface area contributed by atoms with Gasteiger partial charge >= 0.3 is 6.18 Å². The molecule has 1 aromatic rings. The number of nitrogens with two attached hydrogens (primary N) is 1. The van der Waals surface area contributed by atoms with Gasteiger partial charge in [-0.3, -0.25) is 0 Å². The Hall–Kier alpha value is -1.39. The van der Waals surface area contributed by atoms with Gasteiger partial charge < -0.3 is 10.6 Å². The maximum absolute atomic E-state index is 12.0. The molecule has 5 heteroatoms. The lowest BCUT2D eigenvalue weighted by Gasteiger charge is -2.23. The zero-order valence-electron chi connectivity index (χ0n) is 9.80. The van der Waals surface area contributed by atoms with Crippen molar-refractivity contribution in [2.45, 2.75) is 25.9 Å². The van der Waals surface area contributed by atoms with Crippen molar-refractivity contribution >= 4 is 11.4 Å². The van der Waals surface area contributed by atoms with Crippen LogP contribution in [0.2, 0.25) is 0 Å². The molecule has 0 saturated carbocycles. The average molecular weight is 246 g/mol. The van der Waals surface area contributed by atoms with Crippen LogP contribution in [-0.2, 0) is 0 Å². The normalized spacial score (nSPS) is 11.5.